The van der Waals surface area contributed by atoms with E-state index in [1.54, 1.807) is 0 Å². The highest BCUT2D eigenvalue weighted by Gasteiger charge is 2.39. The van der Waals surface area contributed by atoms with Gasteiger partial charge in [-0.2, -0.15) is 26.9 Å². The molecule has 0 saturated carbocycles. The van der Waals surface area contributed by atoms with Crippen molar-refractivity contribution in [1.82, 2.24) is 19.4 Å². The average molecular weight is 454 g/mol. The molecule has 0 radical (unpaired) electrons. The van der Waals surface area contributed by atoms with Gasteiger partial charge in [0.25, 0.3) is 0 Å². The molecule has 166 valence electrons. The van der Waals surface area contributed by atoms with Crippen LogP contribution in [0.5, 0.6) is 5.75 Å². The molecule has 0 bridgehead atoms. The summed E-state index contributed by atoms with van der Waals surface area (Å²) < 4.78 is 84.3. The number of aromatic nitrogens is 4. The minimum Gasteiger partial charge on any atom is -0.435 e. The molecule has 0 unspecified atom stereocenters. The summed E-state index contributed by atoms with van der Waals surface area (Å²) in [4.78, 5) is 11.5. The number of imidazole rings is 1. The van der Waals surface area contributed by atoms with E-state index >= 15 is 0 Å². The number of nitrogens with zero attached hydrogens (tertiary/aromatic N) is 4. The predicted molar refractivity (Wildman–Crippen MR) is 102 cm³/mol. The summed E-state index contributed by atoms with van der Waals surface area (Å²) >= 11 is 0. The summed E-state index contributed by atoms with van der Waals surface area (Å²) in [6.45, 7) is -2.99. The predicted octanol–water partition coefficient (Wildman–Crippen LogP) is 4.88. The van der Waals surface area contributed by atoms with Gasteiger partial charge in [-0.3, -0.25) is 4.40 Å². The molecule has 32 heavy (non-hydrogen) atoms. The molecule has 0 fully saturated rings. The van der Waals surface area contributed by atoms with E-state index in [0.29, 0.717) is 5.69 Å². The second kappa shape index (κ2) is 7.90. The summed E-state index contributed by atoms with van der Waals surface area (Å²) in [7, 11) is 0. The van der Waals surface area contributed by atoms with Gasteiger partial charge in [0.05, 0.1) is 5.69 Å². The maximum atomic E-state index is 13.7. The molecule has 0 spiro atoms. The number of nitrogens with two attached hydrogens (primary N) is 1. The molecule has 4 aromatic rings. The van der Waals surface area contributed by atoms with E-state index in [1.807, 2.05) is 0 Å². The normalized spacial score (nSPS) is 11.8. The van der Waals surface area contributed by atoms with E-state index < -0.39 is 30.0 Å². The van der Waals surface area contributed by atoms with Crippen molar-refractivity contribution in [3.05, 3.63) is 60.2 Å². The van der Waals surface area contributed by atoms with Gasteiger partial charge < -0.3 is 15.8 Å². The van der Waals surface area contributed by atoms with Gasteiger partial charge in [0.2, 0.25) is 5.95 Å². The lowest BCUT2D eigenvalue weighted by Gasteiger charge is -2.11. The maximum Gasteiger partial charge on any atom is 0.435 e. The van der Waals surface area contributed by atoms with Gasteiger partial charge in [0.1, 0.15) is 28.7 Å². The van der Waals surface area contributed by atoms with Crippen molar-refractivity contribution in [3.63, 3.8) is 0 Å². The Morgan fingerprint density at radius 2 is 1.72 bits per heavy atom. The van der Waals surface area contributed by atoms with E-state index in [-0.39, 0.29) is 28.9 Å². The van der Waals surface area contributed by atoms with E-state index in [0.717, 1.165) is 28.8 Å². The van der Waals surface area contributed by atoms with Crippen molar-refractivity contribution in [2.75, 3.05) is 11.1 Å². The quantitative estimate of drug-likeness (QED) is 0.418. The van der Waals surface area contributed by atoms with Gasteiger partial charge >= 0.3 is 12.8 Å². The summed E-state index contributed by atoms with van der Waals surface area (Å²) in [5.74, 6) is -1.23. The third-order valence-corrected chi connectivity index (χ3v) is 4.18. The molecular weight excluding hydrogens is 442 g/mol. The number of nitrogens with one attached hydrogen (secondary N) is 1. The zero-order valence-electron chi connectivity index (χ0n) is 15.7. The Labute approximate surface area is 175 Å². The fourth-order valence-corrected chi connectivity index (χ4v) is 2.95. The number of alkyl halides is 5. The van der Waals surface area contributed by atoms with Crippen LogP contribution in [0, 0.1) is 5.82 Å². The van der Waals surface area contributed by atoms with Crippen LogP contribution in [-0.4, -0.2) is 26.0 Å². The lowest BCUT2D eigenvalue weighted by Crippen LogP contribution is -2.09. The number of fused-ring (bicyclic) bond motifs is 1. The lowest BCUT2D eigenvalue weighted by atomic mass is 10.2. The molecule has 0 saturated heterocycles. The Hall–Kier alpha value is -4.03. The van der Waals surface area contributed by atoms with Gasteiger partial charge in [0.15, 0.2) is 5.69 Å². The van der Waals surface area contributed by atoms with Gasteiger partial charge in [-0.1, -0.05) is 0 Å². The second-order valence-corrected chi connectivity index (χ2v) is 6.41. The number of halogens is 6. The third-order valence-electron chi connectivity index (χ3n) is 4.18. The lowest BCUT2D eigenvalue weighted by molar-refractivity contribution is -0.140. The van der Waals surface area contributed by atoms with Crippen LogP contribution in [0.15, 0.2) is 48.7 Å². The number of rotatable bonds is 5. The molecule has 1 aromatic carbocycles. The molecule has 3 aromatic heterocycles. The van der Waals surface area contributed by atoms with Crippen LogP contribution < -0.4 is 15.8 Å². The molecule has 13 heteroatoms. The van der Waals surface area contributed by atoms with E-state index in [2.05, 4.69) is 25.0 Å². The molecule has 3 heterocycles. The first-order valence-corrected chi connectivity index (χ1v) is 8.82. The highest BCUT2D eigenvalue weighted by molar-refractivity contribution is 5.69. The molecule has 3 N–H and O–H groups in total. The van der Waals surface area contributed by atoms with Crippen molar-refractivity contribution in [3.8, 4) is 17.1 Å². The van der Waals surface area contributed by atoms with Crippen molar-refractivity contribution >= 4 is 23.1 Å². The van der Waals surface area contributed by atoms with Crippen LogP contribution in [-0.2, 0) is 6.18 Å². The van der Waals surface area contributed by atoms with Crippen LogP contribution in [0.25, 0.3) is 17.0 Å². The van der Waals surface area contributed by atoms with E-state index in [9.17, 15) is 26.3 Å². The molecule has 0 aliphatic heterocycles. The largest absolute Gasteiger partial charge is 0.435 e. The van der Waals surface area contributed by atoms with Crippen molar-refractivity contribution < 1.29 is 31.1 Å². The Bertz CT molecular complexity index is 1270. The number of benzene rings is 1. The Kier molecular flexibility index (Phi) is 5.24. The van der Waals surface area contributed by atoms with Crippen LogP contribution in [0.3, 0.4) is 0 Å². The fourth-order valence-electron chi connectivity index (χ4n) is 2.95. The third kappa shape index (κ3) is 4.36. The number of nitrogen functional groups attached to an aromatic ring is 1. The summed E-state index contributed by atoms with van der Waals surface area (Å²) in [6.07, 6.45) is -4.01. The minimum atomic E-state index is -4.86. The molecule has 0 amide bonds. The number of hydrogen-bond donors (Lipinski definition) is 2. The topological polar surface area (TPSA) is 90.4 Å². The van der Waals surface area contributed by atoms with E-state index in [4.69, 9.17) is 5.73 Å². The van der Waals surface area contributed by atoms with Crippen molar-refractivity contribution in [1.29, 1.82) is 0 Å². The molecule has 0 aliphatic carbocycles. The van der Waals surface area contributed by atoms with Crippen LogP contribution >= 0.6 is 0 Å². The van der Waals surface area contributed by atoms with Crippen molar-refractivity contribution in [2.24, 2.45) is 0 Å². The summed E-state index contributed by atoms with van der Waals surface area (Å²) in [5.41, 5.74) is 3.87. The van der Waals surface area contributed by atoms with E-state index in [1.165, 1.54) is 24.3 Å². The van der Waals surface area contributed by atoms with Gasteiger partial charge in [-0.25, -0.2) is 14.4 Å². The van der Waals surface area contributed by atoms with Gasteiger partial charge in [-0.15, -0.1) is 0 Å². The fraction of sp³-hybridized carbons (Fsp3) is 0.105. The smallest absolute Gasteiger partial charge is 0.435 e. The first-order valence-electron chi connectivity index (χ1n) is 8.82. The summed E-state index contributed by atoms with van der Waals surface area (Å²) in [5, 5.41) is 2.72. The zero-order chi connectivity index (χ0) is 23.0. The first-order chi connectivity index (χ1) is 15.1. The highest BCUT2D eigenvalue weighted by atomic mass is 19.4. The second-order valence-electron chi connectivity index (χ2n) is 6.41. The molecule has 7 nitrogen and oxygen atoms in total. The minimum absolute atomic E-state index is 0.0951. The van der Waals surface area contributed by atoms with Crippen LogP contribution in [0.4, 0.5) is 43.8 Å². The number of hydrogen-bond acceptors (Lipinski definition) is 6. The monoisotopic (exact) mass is 454 g/mol. The molecule has 4 rings (SSSR count). The average Bonchev–Trinajstić information content (AvgIpc) is 3.08. The molecular formula is C19H12F6N6O. The molecule has 0 aliphatic rings. The maximum absolute atomic E-state index is 13.7. The number of ether oxygens (including phenoxy) is 1. The summed E-state index contributed by atoms with van der Waals surface area (Å²) in [6, 6.07) is 8.40. The number of pyridine rings is 1. The Balaban J connectivity index is 1.76. The zero-order valence-corrected chi connectivity index (χ0v) is 15.7. The highest BCUT2D eigenvalue weighted by Crippen LogP contribution is 2.37. The van der Waals surface area contributed by atoms with Crippen molar-refractivity contribution in [2.45, 2.75) is 12.8 Å². The Morgan fingerprint density at radius 3 is 2.38 bits per heavy atom. The van der Waals surface area contributed by atoms with Gasteiger partial charge in [-0.05, 0) is 36.4 Å². The standard InChI is InChI=1S/C19H12F6N6O/c20-9-1-6-14-30-16(19(23,24)25)15(31(14)8-9)12-7-13(26)29-18(28-12)27-10-2-4-11(5-3-10)32-17(21)22/h1-8,17H,(H3,26,27,28,29). The SMILES string of the molecule is Nc1cc(-c2c(C(F)(F)F)nc3ccc(F)cn23)nc(Nc2ccc(OC(F)F)cc2)n1. The molecule has 0 atom stereocenters. The van der Waals surface area contributed by atoms with Crippen LogP contribution in [0.2, 0.25) is 0 Å². The van der Waals surface area contributed by atoms with Gasteiger partial charge in [0, 0.05) is 18.0 Å². The Morgan fingerprint density at radius 1 is 1.00 bits per heavy atom. The first kappa shape index (κ1) is 21.2. The van der Waals surface area contributed by atoms with Crippen LogP contribution in [0.1, 0.15) is 5.69 Å². The number of anilines is 3.